The van der Waals surface area contributed by atoms with Crippen LogP contribution in [0.1, 0.15) is 18.1 Å². The molecule has 0 bridgehead atoms. The Morgan fingerprint density at radius 2 is 1.66 bits per heavy atom. The number of carbonyl (C=O) groups is 1. The van der Waals surface area contributed by atoms with Crippen molar-refractivity contribution in [2.75, 3.05) is 20.3 Å². The van der Waals surface area contributed by atoms with Gasteiger partial charge >= 0.3 is 0 Å². The fourth-order valence-corrected chi connectivity index (χ4v) is 2.74. The topological polar surface area (TPSA) is 77.0 Å². The summed E-state index contributed by atoms with van der Waals surface area (Å²) in [5, 5.41) is 13.3. The quantitative estimate of drug-likeness (QED) is 0.537. The van der Waals surface area contributed by atoms with Crippen LogP contribution in [0.2, 0.25) is 0 Å². The average molecular weight is 399 g/mol. The molecule has 29 heavy (non-hydrogen) atoms. The first-order chi connectivity index (χ1) is 14.0. The molecule has 156 valence electrons. The van der Waals surface area contributed by atoms with Crippen LogP contribution in [0.5, 0.6) is 5.75 Å². The van der Waals surface area contributed by atoms with E-state index in [0.717, 1.165) is 16.9 Å². The lowest BCUT2D eigenvalue weighted by atomic mass is 10.0. The second kappa shape index (κ2) is 12.0. The number of nitrogens with one attached hydrogen (secondary N) is 1. The van der Waals surface area contributed by atoms with Crippen LogP contribution in [0.3, 0.4) is 0 Å². The molecule has 6 heteroatoms. The first kappa shape index (κ1) is 22.6. The van der Waals surface area contributed by atoms with Crippen LogP contribution < -0.4 is 10.1 Å². The van der Waals surface area contributed by atoms with E-state index in [1.165, 1.54) is 6.92 Å². The highest BCUT2D eigenvalue weighted by molar-refractivity contribution is 5.73. The second-order valence-electron chi connectivity index (χ2n) is 6.75. The van der Waals surface area contributed by atoms with Crippen molar-refractivity contribution in [1.29, 1.82) is 0 Å². The van der Waals surface area contributed by atoms with E-state index in [0.29, 0.717) is 18.8 Å². The molecule has 0 aliphatic heterocycles. The van der Waals surface area contributed by atoms with Gasteiger partial charge in [0.15, 0.2) is 0 Å². The van der Waals surface area contributed by atoms with E-state index < -0.39 is 12.1 Å². The lowest BCUT2D eigenvalue weighted by molar-refractivity contribution is -0.121. The molecule has 0 unspecified atom stereocenters. The minimum Gasteiger partial charge on any atom is -0.497 e. The molecule has 0 saturated carbocycles. The Labute approximate surface area is 172 Å². The van der Waals surface area contributed by atoms with Gasteiger partial charge in [-0.25, -0.2) is 0 Å². The van der Waals surface area contributed by atoms with Crippen LogP contribution in [0.15, 0.2) is 66.7 Å². The van der Waals surface area contributed by atoms with Crippen LogP contribution >= 0.6 is 0 Å². The van der Waals surface area contributed by atoms with Gasteiger partial charge in [0.1, 0.15) is 5.75 Å². The van der Waals surface area contributed by atoms with Gasteiger partial charge in [0.05, 0.1) is 45.7 Å². The summed E-state index contributed by atoms with van der Waals surface area (Å²) in [7, 11) is 1.61. The molecule has 0 heterocycles. The largest absolute Gasteiger partial charge is 0.497 e. The first-order valence-electron chi connectivity index (χ1n) is 9.44. The van der Waals surface area contributed by atoms with Crippen LogP contribution in [-0.2, 0) is 27.5 Å². The Morgan fingerprint density at radius 1 is 1.03 bits per heavy atom. The number of hydrogen-bond acceptors (Lipinski definition) is 5. The summed E-state index contributed by atoms with van der Waals surface area (Å²) in [6.45, 7) is 6.41. The summed E-state index contributed by atoms with van der Waals surface area (Å²) < 4.78 is 16.5. The van der Waals surface area contributed by atoms with E-state index in [4.69, 9.17) is 14.2 Å². The second-order valence-corrected chi connectivity index (χ2v) is 6.75. The zero-order chi connectivity index (χ0) is 21.1. The molecule has 2 rings (SSSR count). The van der Waals surface area contributed by atoms with Gasteiger partial charge in [-0.2, -0.15) is 0 Å². The molecule has 1 amide bonds. The predicted octanol–water partition coefficient (Wildman–Crippen LogP) is 2.85. The Morgan fingerprint density at radius 3 is 2.28 bits per heavy atom. The average Bonchev–Trinajstić information content (AvgIpc) is 2.73. The van der Waals surface area contributed by atoms with E-state index in [1.807, 2.05) is 54.6 Å². The summed E-state index contributed by atoms with van der Waals surface area (Å²) in [6, 6.07) is 16.6. The van der Waals surface area contributed by atoms with Crippen molar-refractivity contribution in [3.63, 3.8) is 0 Å². The summed E-state index contributed by atoms with van der Waals surface area (Å²) in [5.41, 5.74) is 2.48. The van der Waals surface area contributed by atoms with Crippen molar-refractivity contribution < 1.29 is 24.1 Å². The van der Waals surface area contributed by atoms with Gasteiger partial charge in [-0.3, -0.25) is 4.79 Å². The molecular weight excluding hydrogens is 370 g/mol. The third-order valence-electron chi connectivity index (χ3n) is 4.31. The highest BCUT2D eigenvalue weighted by Gasteiger charge is 2.23. The van der Waals surface area contributed by atoms with Gasteiger partial charge in [-0.1, -0.05) is 49.0 Å². The maximum Gasteiger partial charge on any atom is 0.217 e. The zero-order valence-corrected chi connectivity index (χ0v) is 17.0. The third kappa shape index (κ3) is 8.07. The van der Waals surface area contributed by atoms with Crippen molar-refractivity contribution in [2.24, 2.45) is 0 Å². The lowest BCUT2D eigenvalue weighted by Crippen LogP contribution is -2.46. The highest BCUT2D eigenvalue weighted by Crippen LogP contribution is 2.13. The fraction of sp³-hybridized carbons (Fsp3) is 0.348. The Kier molecular flexibility index (Phi) is 9.37. The number of aliphatic hydroxyl groups is 1. The first-order valence-corrected chi connectivity index (χ1v) is 9.44. The van der Waals surface area contributed by atoms with Gasteiger partial charge in [0.2, 0.25) is 5.91 Å². The third-order valence-corrected chi connectivity index (χ3v) is 4.31. The Bertz CT molecular complexity index is 761. The molecule has 0 spiro atoms. The highest BCUT2D eigenvalue weighted by atomic mass is 16.5. The van der Waals surface area contributed by atoms with E-state index in [-0.39, 0.29) is 19.1 Å². The number of methoxy groups -OCH3 is 1. The van der Waals surface area contributed by atoms with Gasteiger partial charge in [0, 0.05) is 6.92 Å². The molecule has 0 aliphatic carbocycles. The molecule has 2 atom stereocenters. The SMILES string of the molecule is C=C(COCc1ccccc1)[C@@H](O)[C@@H](COCc1ccc(OC)cc1)NC(C)=O. The van der Waals surface area contributed by atoms with Gasteiger partial charge in [-0.05, 0) is 28.8 Å². The Balaban J connectivity index is 1.82. The zero-order valence-electron chi connectivity index (χ0n) is 17.0. The number of aliphatic hydroxyl groups excluding tert-OH is 1. The van der Waals surface area contributed by atoms with E-state index >= 15 is 0 Å². The van der Waals surface area contributed by atoms with Crippen molar-refractivity contribution in [1.82, 2.24) is 5.32 Å². The van der Waals surface area contributed by atoms with Crippen LogP contribution in [0.4, 0.5) is 0 Å². The number of ether oxygens (including phenoxy) is 3. The molecule has 2 aromatic carbocycles. The molecule has 0 fully saturated rings. The van der Waals surface area contributed by atoms with Crippen molar-refractivity contribution in [3.05, 3.63) is 77.9 Å². The maximum absolute atomic E-state index is 11.5. The molecule has 0 saturated heterocycles. The molecule has 0 radical (unpaired) electrons. The summed E-state index contributed by atoms with van der Waals surface area (Å²) in [4.78, 5) is 11.5. The monoisotopic (exact) mass is 399 g/mol. The summed E-state index contributed by atoms with van der Waals surface area (Å²) in [5.74, 6) is 0.521. The van der Waals surface area contributed by atoms with Crippen molar-refractivity contribution in [3.8, 4) is 5.75 Å². The fourth-order valence-electron chi connectivity index (χ4n) is 2.74. The van der Waals surface area contributed by atoms with E-state index in [1.54, 1.807) is 7.11 Å². The molecule has 0 aliphatic rings. The molecule has 2 N–H and O–H groups in total. The smallest absolute Gasteiger partial charge is 0.217 e. The lowest BCUT2D eigenvalue weighted by Gasteiger charge is -2.25. The number of benzene rings is 2. The van der Waals surface area contributed by atoms with Crippen molar-refractivity contribution >= 4 is 5.91 Å². The van der Waals surface area contributed by atoms with Crippen LogP contribution in [0, 0.1) is 0 Å². The van der Waals surface area contributed by atoms with Gasteiger partial charge < -0.3 is 24.6 Å². The molecule has 6 nitrogen and oxygen atoms in total. The van der Waals surface area contributed by atoms with E-state index in [2.05, 4.69) is 11.9 Å². The van der Waals surface area contributed by atoms with Crippen LogP contribution in [-0.4, -0.2) is 43.5 Å². The summed E-state index contributed by atoms with van der Waals surface area (Å²) in [6.07, 6.45) is -0.981. The summed E-state index contributed by atoms with van der Waals surface area (Å²) >= 11 is 0. The maximum atomic E-state index is 11.5. The number of rotatable bonds is 12. The van der Waals surface area contributed by atoms with Gasteiger partial charge in [0.25, 0.3) is 0 Å². The normalized spacial score (nSPS) is 12.8. The molecule has 0 aromatic heterocycles. The van der Waals surface area contributed by atoms with E-state index in [9.17, 15) is 9.90 Å². The minimum absolute atomic E-state index is 0.143. The van der Waals surface area contributed by atoms with Gasteiger partial charge in [-0.15, -0.1) is 0 Å². The van der Waals surface area contributed by atoms with Crippen LogP contribution in [0.25, 0.3) is 0 Å². The standard InChI is InChI=1S/C23H29NO5/c1-17(13-28-14-19-7-5-4-6-8-19)23(26)22(24-18(2)25)16-29-15-20-9-11-21(27-3)12-10-20/h4-12,22-23,26H,1,13-16H2,2-3H3,(H,24,25)/t22-,23-/m1/s1. The number of carbonyl (C=O) groups excluding carboxylic acids is 1. The van der Waals surface area contributed by atoms with Crippen molar-refractivity contribution in [2.45, 2.75) is 32.3 Å². The number of amides is 1. The Hall–Kier alpha value is -2.67. The molecular formula is C23H29NO5. The number of hydrogen-bond donors (Lipinski definition) is 2. The minimum atomic E-state index is -0.981. The molecule has 2 aromatic rings. The predicted molar refractivity (Wildman–Crippen MR) is 111 cm³/mol.